The maximum Gasteiger partial charge on any atom is 0.0790 e. The quantitative estimate of drug-likeness (QED) is 0.841. The van der Waals surface area contributed by atoms with Crippen molar-refractivity contribution >= 4 is 22.6 Å². The largest absolute Gasteiger partial charge is 0.388 e. The second-order valence-electron chi connectivity index (χ2n) is 2.86. The van der Waals surface area contributed by atoms with Crippen molar-refractivity contribution < 1.29 is 5.11 Å². The van der Waals surface area contributed by atoms with E-state index in [0.717, 1.165) is 18.4 Å². The maximum absolute atomic E-state index is 9.61. The molecule has 1 aromatic rings. The minimum Gasteiger partial charge on any atom is -0.388 e. The Morgan fingerprint density at radius 1 is 1.33 bits per heavy atom. The average molecular weight is 276 g/mol. The van der Waals surface area contributed by atoms with Crippen LogP contribution in [0.3, 0.4) is 0 Å². The molecule has 0 saturated carbocycles. The lowest BCUT2D eigenvalue weighted by atomic mass is 10.1. The van der Waals surface area contributed by atoms with Crippen LogP contribution in [0.5, 0.6) is 0 Å². The maximum atomic E-state index is 9.61. The van der Waals surface area contributed by atoms with E-state index in [1.165, 1.54) is 3.57 Å². The summed E-state index contributed by atoms with van der Waals surface area (Å²) in [5.74, 6) is 0. The topological polar surface area (TPSA) is 20.2 Å². The van der Waals surface area contributed by atoms with Crippen molar-refractivity contribution in [1.29, 1.82) is 0 Å². The predicted molar refractivity (Wildman–Crippen MR) is 59.0 cm³/mol. The van der Waals surface area contributed by atoms with Gasteiger partial charge in [-0.15, -0.1) is 0 Å². The first kappa shape index (κ1) is 9.99. The number of aliphatic hydroxyl groups is 1. The molecule has 0 saturated heterocycles. The normalized spacial score (nSPS) is 12.9. The molecule has 0 heterocycles. The van der Waals surface area contributed by atoms with Crippen LogP contribution in [0.1, 0.15) is 31.4 Å². The van der Waals surface area contributed by atoms with Crippen LogP contribution in [0.4, 0.5) is 0 Å². The molecule has 1 N–H and O–H groups in total. The standard InChI is InChI=1S/C10H13IO/c1-2-3-10(12)8-4-6-9(11)7-5-8/h4-7,10,12H,2-3H2,1H3/t10-/m1/s1. The smallest absolute Gasteiger partial charge is 0.0790 e. The van der Waals surface area contributed by atoms with E-state index in [-0.39, 0.29) is 6.10 Å². The van der Waals surface area contributed by atoms with E-state index in [2.05, 4.69) is 29.5 Å². The number of aliphatic hydroxyl groups excluding tert-OH is 1. The number of hydrogen-bond acceptors (Lipinski definition) is 1. The van der Waals surface area contributed by atoms with Gasteiger partial charge in [-0.3, -0.25) is 0 Å². The van der Waals surface area contributed by atoms with E-state index in [1.807, 2.05) is 24.3 Å². The zero-order chi connectivity index (χ0) is 8.97. The molecule has 0 unspecified atom stereocenters. The summed E-state index contributed by atoms with van der Waals surface area (Å²) in [6.45, 7) is 2.08. The molecule has 0 aliphatic carbocycles. The lowest BCUT2D eigenvalue weighted by Gasteiger charge is -2.08. The van der Waals surface area contributed by atoms with E-state index in [1.54, 1.807) is 0 Å². The summed E-state index contributed by atoms with van der Waals surface area (Å²) in [7, 11) is 0. The Bertz CT molecular complexity index is 230. The van der Waals surface area contributed by atoms with Crippen LogP contribution in [0.25, 0.3) is 0 Å². The SMILES string of the molecule is CCC[C@@H](O)c1ccc(I)cc1. The van der Waals surface area contributed by atoms with Crippen molar-refractivity contribution in [1.82, 2.24) is 0 Å². The molecule has 1 nitrogen and oxygen atoms in total. The van der Waals surface area contributed by atoms with Gasteiger partial charge in [-0.2, -0.15) is 0 Å². The summed E-state index contributed by atoms with van der Waals surface area (Å²) < 4.78 is 1.21. The van der Waals surface area contributed by atoms with E-state index in [4.69, 9.17) is 0 Å². The summed E-state index contributed by atoms with van der Waals surface area (Å²) in [4.78, 5) is 0. The Balaban J connectivity index is 2.68. The van der Waals surface area contributed by atoms with Crippen molar-refractivity contribution in [3.05, 3.63) is 33.4 Å². The Morgan fingerprint density at radius 3 is 2.42 bits per heavy atom. The molecular formula is C10H13IO. The van der Waals surface area contributed by atoms with E-state index in [0.29, 0.717) is 0 Å². The minimum absolute atomic E-state index is 0.285. The molecule has 0 bridgehead atoms. The summed E-state index contributed by atoms with van der Waals surface area (Å²) in [6, 6.07) is 8.02. The second kappa shape index (κ2) is 4.82. The van der Waals surface area contributed by atoms with Gasteiger partial charge in [-0.25, -0.2) is 0 Å². The van der Waals surface area contributed by atoms with E-state index >= 15 is 0 Å². The van der Waals surface area contributed by atoms with Crippen LogP contribution < -0.4 is 0 Å². The predicted octanol–water partition coefficient (Wildman–Crippen LogP) is 3.12. The Kier molecular flexibility index (Phi) is 4.01. The number of benzene rings is 1. The molecule has 0 aromatic heterocycles. The lowest BCUT2D eigenvalue weighted by molar-refractivity contribution is 0.166. The highest BCUT2D eigenvalue weighted by atomic mass is 127. The highest BCUT2D eigenvalue weighted by molar-refractivity contribution is 14.1. The van der Waals surface area contributed by atoms with Crippen LogP contribution in [-0.4, -0.2) is 5.11 Å². The fourth-order valence-corrected chi connectivity index (χ4v) is 1.48. The fraction of sp³-hybridized carbons (Fsp3) is 0.400. The molecule has 0 aliphatic heterocycles. The Labute approximate surface area is 86.9 Å². The Morgan fingerprint density at radius 2 is 1.92 bits per heavy atom. The zero-order valence-corrected chi connectivity index (χ0v) is 9.28. The molecule has 0 spiro atoms. The third kappa shape index (κ3) is 2.75. The van der Waals surface area contributed by atoms with Gasteiger partial charge in [0.15, 0.2) is 0 Å². The molecule has 12 heavy (non-hydrogen) atoms. The molecule has 1 atom stereocenters. The van der Waals surface area contributed by atoms with Crippen LogP contribution in [-0.2, 0) is 0 Å². The fourth-order valence-electron chi connectivity index (χ4n) is 1.13. The summed E-state index contributed by atoms with van der Waals surface area (Å²) in [5.41, 5.74) is 1.03. The van der Waals surface area contributed by atoms with Crippen LogP contribution in [0, 0.1) is 3.57 Å². The first-order chi connectivity index (χ1) is 5.74. The van der Waals surface area contributed by atoms with Crippen molar-refractivity contribution in [2.45, 2.75) is 25.9 Å². The van der Waals surface area contributed by atoms with Crippen LogP contribution in [0.2, 0.25) is 0 Å². The number of rotatable bonds is 3. The van der Waals surface area contributed by atoms with Gasteiger partial charge in [0, 0.05) is 3.57 Å². The molecule has 0 fully saturated rings. The zero-order valence-electron chi connectivity index (χ0n) is 7.13. The minimum atomic E-state index is -0.285. The number of hydrogen-bond donors (Lipinski definition) is 1. The van der Waals surface area contributed by atoms with Gasteiger partial charge in [-0.1, -0.05) is 25.5 Å². The van der Waals surface area contributed by atoms with Gasteiger partial charge in [0.1, 0.15) is 0 Å². The second-order valence-corrected chi connectivity index (χ2v) is 4.10. The van der Waals surface area contributed by atoms with Gasteiger partial charge >= 0.3 is 0 Å². The molecule has 0 radical (unpaired) electrons. The molecule has 2 heteroatoms. The summed E-state index contributed by atoms with van der Waals surface area (Å²) >= 11 is 2.26. The van der Waals surface area contributed by atoms with Crippen molar-refractivity contribution in [3.63, 3.8) is 0 Å². The lowest BCUT2D eigenvalue weighted by Crippen LogP contribution is -1.95. The molecule has 0 amide bonds. The average Bonchev–Trinajstić information content (AvgIpc) is 2.06. The van der Waals surface area contributed by atoms with Gasteiger partial charge in [-0.05, 0) is 46.7 Å². The van der Waals surface area contributed by atoms with Crippen LogP contribution in [0.15, 0.2) is 24.3 Å². The third-order valence-electron chi connectivity index (χ3n) is 1.82. The van der Waals surface area contributed by atoms with Crippen molar-refractivity contribution in [2.24, 2.45) is 0 Å². The monoisotopic (exact) mass is 276 g/mol. The first-order valence-corrected chi connectivity index (χ1v) is 5.25. The summed E-state index contributed by atoms with van der Waals surface area (Å²) in [5, 5.41) is 9.61. The van der Waals surface area contributed by atoms with Gasteiger partial charge in [0.05, 0.1) is 6.10 Å². The van der Waals surface area contributed by atoms with Crippen LogP contribution >= 0.6 is 22.6 Å². The highest BCUT2D eigenvalue weighted by Gasteiger charge is 2.04. The first-order valence-electron chi connectivity index (χ1n) is 4.17. The van der Waals surface area contributed by atoms with E-state index in [9.17, 15) is 5.11 Å². The summed E-state index contributed by atoms with van der Waals surface area (Å²) in [6.07, 6.45) is 1.58. The third-order valence-corrected chi connectivity index (χ3v) is 2.54. The van der Waals surface area contributed by atoms with Gasteiger partial charge < -0.3 is 5.11 Å². The molecule has 1 rings (SSSR count). The van der Waals surface area contributed by atoms with Gasteiger partial charge in [0.25, 0.3) is 0 Å². The highest BCUT2D eigenvalue weighted by Crippen LogP contribution is 2.18. The Hall–Kier alpha value is -0.0900. The molecular weight excluding hydrogens is 263 g/mol. The molecule has 1 aromatic carbocycles. The molecule has 0 aliphatic rings. The number of halogens is 1. The van der Waals surface area contributed by atoms with Gasteiger partial charge in [0.2, 0.25) is 0 Å². The van der Waals surface area contributed by atoms with Crippen molar-refractivity contribution in [2.75, 3.05) is 0 Å². The van der Waals surface area contributed by atoms with Crippen molar-refractivity contribution in [3.8, 4) is 0 Å². The van der Waals surface area contributed by atoms with E-state index < -0.39 is 0 Å². The molecule has 66 valence electrons.